The van der Waals surface area contributed by atoms with Gasteiger partial charge in [-0.1, -0.05) is 32.5 Å². The van der Waals surface area contributed by atoms with Gasteiger partial charge in [-0.2, -0.15) is 0 Å². The lowest BCUT2D eigenvalue weighted by molar-refractivity contribution is -0.213. The Balaban J connectivity index is 1.38. The number of carbonyl (C=O) groups is 2. The van der Waals surface area contributed by atoms with Crippen molar-refractivity contribution >= 4 is 22.8 Å². The van der Waals surface area contributed by atoms with E-state index in [1.54, 1.807) is 7.11 Å². The maximum Gasteiger partial charge on any atom is 0.339 e. The zero-order chi connectivity index (χ0) is 29.2. The molecule has 0 saturated carbocycles. The first-order chi connectivity index (χ1) is 19.3. The molecule has 2 unspecified atom stereocenters. The zero-order valence-electron chi connectivity index (χ0n) is 25.2. The molecule has 1 spiro atoms. The molecule has 0 bridgehead atoms. The van der Waals surface area contributed by atoms with Gasteiger partial charge in [0.15, 0.2) is 28.3 Å². The van der Waals surface area contributed by atoms with Gasteiger partial charge in [-0.3, -0.25) is 9.69 Å². The molecule has 4 atom stereocenters. The van der Waals surface area contributed by atoms with E-state index < -0.39 is 23.3 Å². The van der Waals surface area contributed by atoms with Crippen LogP contribution in [-0.2, 0) is 30.2 Å². The first kappa shape index (κ1) is 28.9. The van der Waals surface area contributed by atoms with E-state index in [0.29, 0.717) is 12.2 Å². The Morgan fingerprint density at radius 1 is 1.07 bits per heavy atom. The predicted octanol–water partition coefficient (Wildman–Crippen LogP) is 5.51. The molecule has 41 heavy (non-hydrogen) atoms. The molecule has 4 heterocycles. The molecule has 4 aliphatic heterocycles. The van der Waals surface area contributed by atoms with Gasteiger partial charge in [-0.15, -0.1) is 0 Å². The largest absolute Gasteiger partial charge is 0.497 e. The van der Waals surface area contributed by atoms with E-state index in [2.05, 4.69) is 23.1 Å². The molecule has 2 fully saturated rings. The minimum atomic E-state index is -1.34. The van der Waals surface area contributed by atoms with E-state index in [9.17, 15) is 9.59 Å². The molecule has 0 aromatic heterocycles. The Morgan fingerprint density at radius 2 is 1.83 bits per heavy atom. The third-order valence-electron chi connectivity index (χ3n) is 9.25. The van der Waals surface area contributed by atoms with Crippen molar-refractivity contribution in [3.8, 4) is 11.5 Å². The van der Waals surface area contributed by atoms with Crippen molar-refractivity contribution in [3.63, 3.8) is 0 Å². The average Bonchev–Trinajstić information content (AvgIpc) is 3.55. The number of thioether (sulfide) groups is 1. The van der Waals surface area contributed by atoms with Crippen molar-refractivity contribution in [2.45, 2.75) is 113 Å². The van der Waals surface area contributed by atoms with Crippen LogP contribution in [0, 0.1) is 0 Å². The Bertz CT molecular complexity index is 1270. The summed E-state index contributed by atoms with van der Waals surface area (Å²) in [5.74, 6) is 1.48. The normalized spacial score (nSPS) is 31.9. The molecule has 0 N–H and O–H groups in total. The number of fused-ring (bicyclic) bond motifs is 3. The van der Waals surface area contributed by atoms with Gasteiger partial charge >= 0.3 is 5.97 Å². The minimum absolute atomic E-state index is 0.0207. The van der Waals surface area contributed by atoms with Crippen LogP contribution >= 0.6 is 11.8 Å². The number of hydrogen-bond acceptors (Lipinski definition) is 9. The maximum atomic E-state index is 14.4. The van der Waals surface area contributed by atoms with E-state index in [4.69, 9.17) is 23.7 Å². The Kier molecular flexibility index (Phi) is 7.18. The molecule has 1 aromatic carbocycles. The van der Waals surface area contributed by atoms with Crippen LogP contribution in [0.3, 0.4) is 0 Å². The van der Waals surface area contributed by atoms with Crippen LogP contribution in [0.2, 0.25) is 0 Å². The summed E-state index contributed by atoms with van der Waals surface area (Å²) in [6, 6.07) is 4.17. The summed E-state index contributed by atoms with van der Waals surface area (Å²) in [6.45, 7) is 12.1. The zero-order valence-corrected chi connectivity index (χ0v) is 26.0. The summed E-state index contributed by atoms with van der Waals surface area (Å²) in [7, 11) is 1.65. The number of carbonyl (C=O) groups excluding carboxylic acids is 2. The van der Waals surface area contributed by atoms with Crippen LogP contribution in [-0.4, -0.2) is 70.6 Å². The third-order valence-corrected chi connectivity index (χ3v) is 10.2. The number of ether oxygens (including phenoxy) is 5. The fourth-order valence-corrected chi connectivity index (χ4v) is 8.69. The van der Waals surface area contributed by atoms with Crippen molar-refractivity contribution in [1.82, 2.24) is 4.90 Å². The second kappa shape index (κ2) is 10.2. The van der Waals surface area contributed by atoms with E-state index >= 15 is 0 Å². The molecule has 0 radical (unpaired) electrons. The van der Waals surface area contributed by atoms with E-state index in [1.165, 1.54) is 17.3 Å². The van der Waals surface area contributed by atoms with Crippen LogP contribution in [0.4, 0.5) is 0 Å². The molecule has 0 amide bonds. The second-order valence-corrected chi connectivity index (χ2v) is 15.6. The lowest BCUT2D eigenvalue weighted by Gasteiger charge is -2.44. The van der Waals surface area contributed by atoms with Crippen molar-refractivity contribution in [3.05, 3.63) is 35.1 Å². The topological polar surface area (TPSA) is 83.5 Å². The van der Waals surface area contributed by atoms with Gasteiger partial charge < -0.3 is 23.7 Å². The van der Waals surface area contributed by atoms with Gasteiger partial charge in [0.1, 0.15) is 5.76 Å². The van der Waals surface area contributed by atoms with Crippen LogP contribution in [0.5, 0.6) is 11.5 Å². The highest BCUT2D eigenvalue weighted by Gasteiger charge is 2.60. The van der Waals surface area contributed by atoms with Gasteiger partial charge in [0.2, 0.25) is 6.79 Å². The maximum absolute atomic E-state index is 14.4. The molecule has 6 rings (SSSR count). The SMILES string of the molecule is COC1=C[C@]23CCCN2CCc2cc4c(cc2[C@@H]3C1OC(=O)C1(CC(=O)SC(C)(C)C)CCCC(C)(C)O1)OCO4. The first-order valence-corrected chi connectivity index (χ1v) is 15.7. The highest BCUT2D eigenvalue weighted by molar-refractivity contribution is 8.14. The van der Waals surface area contributed by atoms with Gasteiger partial charge in [-0.05, 0) is 88.3 Å². The Labute approximate surface area is 247 Å². The number of esters is 1. The molecular weight excluding hydrogens is 542 g/mol. The Hall–Kier alpha value is -2.23. The molecule has 5 aliphatic rings. The number of methoxy groups -OCH3 is 1. The first-order valence-electron chi connectivity index (χ1n) is 14.9. The van der Waals surface area contributed by atoms with Crippen molar-refractivity contribution < 1.29 is 33.3 Å². The Morgan fingerprint density at radius 3 is 2.54 bits per heavy atom. The van der Waals surface area contributed by atoms with Crippen molar-refractivity contribution in [1.29, 1.82) is 0 Å². The van der Waals surface area contributed by atoms with E-state index in [0.717, 1.165) is 62.3 Å². The fraction of sp³-hybridized carbons (Fsp3) is 0.688. The monoisotopic (exact) mass is 585 g/mol. The van der Waals surface area contributed by atoms with Crippen LogP contribution in [0.15, 0.2) is 24.0 Å². The molecule has 2 saturated heterocycles. The number of rotatable bonds is 5. The van der Waals surface area contributed by atoms with Crippen molar-refractivity contribution in [2.75, 3.05) is 27.0 Å². The van der Waals surface area contributed by atoms with Crippen LogP contribution in [0.1, 0.15) is 90.2 Å². The highest BCUT2D eigenvalue weighted by atomic mass is 32.2. The molecule has 224 valence electrons. The van der Waals surface area contributed by atoms with Gasteiger partial charge in [0.25, 0.3) is 0 Å². The minimum Gasteiger partial charge on any atom is -0.497 e. The second-order valence-electron chi connectivity index (χ2n) is 13.8. The van der Waals surface area contributed by atoms with E-state index in [1.807, 2.05) is 34.6 Å². The van der Waals surface area contributed by atoms with Crippen molar-refractivity contribution in [2.24, 2.45) is 0 Å². The summed E-state index contributed by atoms with van der Waals surface area (Å²) in [5.41, 5.74) is 0.0752. The number of nitrogens with zero attached hydrogens (tertiary/aromatic N) is 1. The standard InChI is InChI=1S/C32H43NO7S/c1-29(2,3)41-25(34)18-32(12-7-10-30(4,5)40-32)28(35)39-27-24(36-6)17-31-11-8-13-33(31)14-9-20-15-22-23(38-19-37-22)16-21(20)26(27)31/h15-17,26-27H,7-14,18-19H2,1-6H3/t26-,27?,31+,32?/m1/s1. The summed E-state index contributed by atoms with van der Waals surface area (Å²) < 4.78 is 30.3. The third kappa shape index (κ3) is 5.16. The number of benzene rings is 1. The van der Waals surface area contributed by atoms with Gasteiger partial charge in [0, 0.05) is 11.3 Å². The molecule has 9 heteroatoms. The lowest BCUT2D eigenvalue weighted by atomic mass is 9.77. The predicted molar refractivity (Wildman–Crippen MR) is 156 cm³/mol. The van der Waals surface area contributed by atoms with E-state index in [-0.39, 0.29) is 34.5 Å². The van der Waals surface area contributed by atoms with Gasteiger partial charge in [-0.25, -0.2) is 4.79 Å². The van der Waals surface area contributed by atoms with Gasteiger partial charge in [0.05, 0.1) is 30.6 Å². The summed E-state index contributed by atoms with van der Waals surface area (Å²) >= 11 is 1.25. The highest BCUT2D eigenvalue weighted by Crippen LogP contribution is 2.56. The summed E-state index contributed by atoms with van der Waals surface area (Å²) in [5, 5.41) is -0.0629. The molecule has 1 aromatic rings. The molecule has 1 aliphatic carbocycles. The molecular formula is C32H43NO7S. The number of hydrogen-bond donors (Lipinski definition) is 0. The quantitative estimate of drug-likeness (QED) is 0.415. The molecule has 8 nitrogen and oxygen atoms in total. The lowest BCUT2D eigenvalue weighted by Crippen LogP contribution is -2.54. The average molecular weight is 586 g/mol. The fourth-order valence-electron chi connectivity index (χ4n) is 7.70. The smallest absolute Gasteiger partial charge is 0.339 e. The summed E-state index contributed by atoms with van der Waals surface area (Å²) in [6.07, 6.45) is 6.45. The van der Waals surface area contributed by atoms with Crippen LogP contribution < -0.4 is 9.47 Å². The summed E-state index contributed by atoms with van der Waals surface area (Å²) in [4.78, 5) is 30.3. The van der Waals surface area contributed by atoms with Crippen LogP contribution in [0.25, 0.3) is 0 Å².